The lowest BCUT2D eigenvalue weighted by molar-refractivity contribution is 0.617. The molecule has 2 N–H and O–H groups in total. The molecule has 0 saturated carbocycles. The second-order valence-corrected chi connectivity index (χ2v) is 3.81. The van der Waals surface area contributed by atoms with Crippen LogP contribution in [0.4, 0.5) is 4.39 Å². The third-order valence-electron chi connectivity index (χ3n) is 2.33. The molecule has 0 aliphatic carbocycles. The molecule has 0 radical (unpaired) electrons. The van der Waals surface area contributed by atoms with E-state index in [-0.39, 0.29) is 29.8 Å². The van der Waals surface area contributed by atoms with E-state index in [0.717, 1.165) is 24.6 Å². The maximum Gasteiger partial charge on any atom is 0.191 e. The molecule has 0 amide bonds. The van der Waals surface area contributed by atoms with Crippen LogP contribution in [0.1, 0.15) is 25.0 Å². The smallest absolute Gasteiger partial charge is 0.191 e. The lowest BCUT2D eigenvalue weighted by Crippen LogP contribution is -2.36. The van der Waals surface area contributed by atoms with Crippen molar-refractivity contribution in [1.29, 1.82) is 0 Å². The van der Waals surface area contributed by atoms with Gasteiger partial charge < -0.3 is 10.6 Å². The quantitative estimate of drug-likeness (QED) is 0.489. The van der Waals surface area contributed by atoms with Gasteiger partial charge in [-0.3, -0.25) is 0 Å². The van der Waals surface area contributed by atoms with Crippen LogP contribution in [0.25, 0.3) is 0 Å². The number of halogens is 2. The summed E-state index contributed by atoms with van der Waals surface area (Å²) < 4.78 is 13.1. The van der Waals surface area contributed by atoms with Crippen LogP contribution in [-0.4, -0.2) is 19.0 Å². The van der Waals surface area contributed by atoms with Crippen molar-refractivity contribution in [3.05, 3.63) is 35.1 Å². The number of rotatable bonds is 4. The molecule has 5 heteroatoms. The summed E-state index contributed by atoms with van der Waals surface area (Å²) in [4.78, 5) is 4.42. The normalized spacial score (nSPS) is 9.33. The van der Waals surface area contributed by atoms with E-state index in [1.165, 1.54) is 6.07 Å². The van der Waals surface area contributed by atoms with Crippen LogP contribution in [0.15, 0.2) is 23.2 Å². The topological polar surface area (TPSA) is 36.4 Å². The minimum atomic E-state index is -0.170. The second kappa shape index (κ2) is 9.13. The first-order valence-corrected chi connectivity index (χ1v) is 5.94. The third-order valence-corrected chi connectivity index (χ3v) is 2.33. The van der Waals surface area contributed by atoms with Gasteiger partial charge in [0.05, 0.1) is 6.54 Å². The summed E-state index contributed by atoms with van der Waals surface area (Å²) in [5, 5.41) is 6.29. The van der Waals surface area contributed by atoms with Gasteiger partial charge in [0.2, 0.25) is 0 Å². The Morgan fingerprint density at radius 3 is 2.33 bits per heavy atom. The first kappa shape index (κ1) is 17.2. The molecule has 0 saturated heterocycles. The fourth-order valence-corrected chi connectivity index (χ4v) is 1.48. The number of aliphatic imine (C=N–C) groups is 1. The molecule has 0 unspecified atom stereocenters. The Balaban J connectivity index is 0.00000289. The molecule has 1 rings (SSSR count). The number of nitrogens with zero attached hydrogens (tertiary/aromatic N) is 1. The predicted octanol–water partition coefficient (Wildman–Crippen LogP) is 2.83. The molecule has 1 aromatic rings. The van der Waals surface area contributed by atoms with Crippen molar-refractivity contribution in [3.8, 4) is 0 Å². The van der Waals surface area contributed by atoms with Crippen molar-refractivity contribution in [2.45, 2.75) is 27.3 Å². The Bertz CT molecular complexity index is 386. The van der Waals surface area contributed by atoms with Gasteiger partial charge in [-0.2, -0.15) is 0 Å². The van der Waals surface area contributed by atoms with E-state index in [1.54, 1.807) is 13.0 Å². The predicted molar refractivity (Wildman–Crippen MR) is 85.0 cm³/mol. The maximum absolute atomic E-state index is 13.1. The molecular weight excluding hydrogens is 344 g/mol. The number of aryl methyl sites for hydroxylation is 1. The number of hydrogen-bond acceptors (Lipinski definition) is 1. The van der Waals surface area contributed by atoms with E-state index in [4.69, 9.17) is 0 Å². The Morgan fingerprint density at radius 1 is 1.22 bits per heavy atom. The van der Waals surface area contributed by atoms with Crippen LogP contribution in [0, 0.1) is 12.7 Å². The van der Waals surface area contributed by atoms with Gasteiger partial charge in [0.25, 0.3) is 0 Å². The van der Waals surface area contributed by atoms with Crippen molar-refractivity contribution in [2.24, 2.45) is 4.99 Å². The van der Waals surface area contributed by atoms with E-state index in [9.17, 15) is 4.39 Å². The van der Waals surface area contributed by atoms with Crippen molar-refractivity contribution in [1.82, 2.24) is 10.6 Å². The summed E-state index contributed by atoms with van der Waals surface area (Å²) in [5.74, 6) is 0.619. The Kier molecular flexibility index (Phi) is 8.70. The molecule has 0 bridgehead atoms. The maximum atomic E-state index is 13.1. The first-order chi connectivity index (χ1) is 8.17. The summed E-state index contributed by atoms with van der Waals surface area (Å²) in [6.45, 7) is 8.01. The van der Waals surface area contributed by atoms with Crippen molar-refractivity contribution >= 4 is 29.9 Å². The Hall–Kier alpha value is -0.850. The van der Waals surface area contributed by atoms with Crippen LogP contribution in [0.5, 0.6) is 0 Å². The fraction of sp³-hybridized carbons (Fsp3) is 0.462. The third kappa shape index (κ3) is 5.66. The van der Waals surface area contributed by atoms with E-state index in [1.807, 2.05) is 19.9 Å². The zero-order chi connectivity index (χ0) is 12.7. The van der Waals surface area contributed by atoms with Gasteiger partial charge in [0.15, 0.2) is 5.96 Å². The lowest BCUT2D eigenvalue weighted by Gasteiger charge is -2.09. The molecule has 0 aliphatic rings. The minimum absolute atomic E-state index is 0. The standard InChI is InChI=1S/C13H20FN3.HI/c1-4-15-13(16-5-2)17-9-11-6-7-12(14)10(3)8-11;/h6-8H,4-5,9H2,1-3H3,(H2,15,16,17);1H. The lowest BCUT2D eigenvalue weighted by atomic mass is 10.1. The van der Waals surface area contributed by atoms with E-state index < -0.39 is 0 Å². The highest BCUT2D eigenvalue weighted by Crippen LogP contribution is 2.09. The van der Waals surface area contributed by atoms with E-state index in [0.29, 0.717) is 12.1 Å². The van der Waals surface area contributed by atoms with Gasteiger partial charge >= 0.3 is 0 Å². The van der Waals surface area contributed by atoms with Gasteiger partial charge in [-0.05, 0) is 38.0 Å². The van der Waals surface area contributed by atoms with Crippen LogP contribution in [0.3, 0.4) is 0 Å². The molecule has 0 spiro atoms. The molecular formula is C13H21FIN3. The van der Waals surface area contributed by atoms with Gasteiger partial charge in [-0.15, -0.1) is 24.0 Å². The zero-order valence-electron chi connectivity index (χ0n) is 11.1. The summed E-state index contributed by atoms with van der Waals surface area (Å²) in [7, 11) is 0. The van der Waals surface area contributed by atoms with Crippen LogP contribution in [-0.2, 0) is 6.54 Å². The molecule has 0 heterocycles. The van der Waals surface area contributed by atoms with Crippen LogP contribution < -0.4 is 10.6 Å². The number of hydrogen-bond donors (Lipinski definition) is 2. The van der Waals surface area contributed by atoms with E-state index in [2.05, 4.69) is 15.6 Å². The zero-order valence-corrected chi connectivity index (χ0v) is 13.4. The fourth-order valence-electron chi connectivity index (χ4n) is 1.48. The molecule has 1 aromatic carbocycles. The molecule has 0 fully saturated rings. The number of benzene rings is 1. The van der Waals surface area contributed by atoms with Gasteiger partial charge in [-0.25, -0.2) is 9.38 Å². The SMILES string of the molecule is CCNC(=NCc1ccc(F)c(C)c1)NCC.I. The monoisotopic (exact) mass is 365 g/mol. The Morgan fingerprint density at radius 2 is 1.83 bits per heavy atom. The second-order valence-electron chi connectivity index (χ2n) is 3.81. The van der Waals surface area contributed by atoms with Gasteiger partial charge in [0, 0.05) is 13.1 Å². The average molecular weight is 365 g/mol. The molecule has 0 aliphatic heterocycles. The molecule has 18 heavy (non-hydrogen) atoms. The number of nitrogens with one attached hydrogen (secondary N) is 2. The highest BCUT2D eigenvalue weighted by molar-refractivity contribution is 14.0. The van der Waals surface area contributed by atoms with Crippen LogP contribution >= 0.6 is 24.0 Å². The van der Waals surface area contributed by atoms with Gasteiger partial charge in [0.1, 0.15) is 5.82 Å². The van der Waals surface area contributed by atoms with Crippen molar-refractivity contribution in [3.63, 3.8) is 0 Å². The molecule has 102 valence electrons. The first-order valence-electron chi connectivity index (χ1n) is 5.94. The molecule has 3 nitrogen and oxygen atoms in total. The Labute approximate surface area is 125 Å². The summed E-state index contributed by atoms with van der Waals surface area (Å²) in [5.41, 5.74) is 1.67. The van der Waals surface area contributed by atoms with Crippen molar-refractivity contribution in [2.75, 3.05) is 13.1 Å². The minimum Gasteiger partial charge on any atom is -0.357 e. The highest BCUT2D eigenvalue weighted by Gasteiger charge is 1.99. The highest BCUT2D eigenvalue weighted by atomic mass is 127. The summed E-state index contributed by atoms with van der Waals surface area (Å²) >= 11 is 0. The molecule has 0 aromatic heterocycles. The van der Waals surface area contributed by atoms with Crippen molar-refractivity contribution < 1.29 is 4.39 Å². The summed E-state index contributed by atoms with van der Waals surface area (Å²) in [6.07, 6.45) is 0. The van der Waals surface area contributed by atoms with Gasteiger partial charge in [-0.1, -0.05) is 12.1 Å². The molecule has 0 atom stereocenters. The van der Waals surface area contributed by atoms with E-state index >= 15 is 0 Å². The largest absolute Gasteiger partial charge is 0.357 e. The van der Waals surface area contributed by atoms with Crippen LogP contribution in [0.2, 0.25) is 0 Å². The summed E-state index contributed by atoms with van der Waals surface area (Å²) in [6, 6.07) is 5.08. The number of guanidine groups is 1. The average Bonchev–Trinajstić information content (AvgIpc) is 2.31.